The third kappa shape index (κ3) is 5.00. The largest absolute Gasteiger partial charge is 0.490 e. The second kappa shape index (κ2) is 9.53. The van der Waals surface area contributed by atoms with E-state index in [2.05, 4.69) is 0 Å². The van der Waals surface area contributed by atoms with E-state index in [1.165, 1.54) is 16.2 Å². The summed E-state index contributed by atoms with van der Waals surface area (Å²) in [5.41, 5.74) is 1.32. The lowest BCUT2D eigenvalue weighted by atomic mass is 10.1. The summed E-state index contributed by atoms with van der Waals surface area (Å²) in [6.07, 6.45) is 0. The Hall–Kier alpha value is -3.63. The van der Waals surface area contributed by atoms with Crippen LogP contribution in [0.25, 0.3) is 0 Å². The van der Waals surface area contributed by atoms with Crippen LogP contribution in [0.5, 0.6) is 5.75 Å². The van der Waals surface area contributed by atoms with Crippen molar-refractivity contribution in [1.29, 1.82) is 5.26 Å². The zero-order valence-corrected chi connectivity index (χ0v) is 16.5. The highest BCUT2D eigenvalue weighted by Crippen LogP contribution is 2.23. The molecule has 0 aliphatic heterocycles. The highest BCUT2D eigenvalue weighted by molar-refractivity contribution is 7.12. The van der Waals surface area contributed by atoms with Crippen molar-refractivity contribution >= 4 is 28.9 Å². The van der Waals surface area contributed by atoms with E-state index in [1.807, 2.05) is 11.4 Å². The maximum absolute atomic E-state index is 12.6. The molecule has 2 aromatic carbocycles. The number of para-hydroxylation sites is 1. The first-order chi connectivity index (χ1) is 14.1. The van der Waals surface area contributed by atoms with Crippen LogP contribution in [0.15, 0.2) is 66.0 Å². The van der Waals surface area contributed by atoms with Crippen LogP contribution in [-0.2, 0) is 4.74 Å². The number of carbonyl (C=O) groups excluding carboxylic acids is 2. The zero-order chi connectivity index (χ0) is 20.6. The van der Waals surface area contributed by atoms with Gasteiger partial charge in [0.2, 0.25) is 0 Å². The molecule has 0 bridgehead atoms. The van der Waals surface area contributed by atoms with Gasteiger partial charge >= 0.3 is 5.97 Å². The minimum atomic E-state index is -0.533. The summed E-state index contributed by atoms with van der Waals surface area (Å²) in [5, 5.41) is 10.6. The Bertz CT molecular complexity index is 1020. The molecule has 0 radical (unpaired) electrons. The number of anilines is 1. The Morgan fingerprint density at radius 2 is 1.79 bits per heavy atom. The fraction of sp³-hybridized carbons (Fsp3) is 0.136. The molecule has 0 N–H and O–H groups in total. The molecule has 1 aromatic heterocycles. The smallest absolute Gasteiger partial charge is 0.340 e. The van der Waals surface area contributed by atoms with Gasteiger partial charge in [-0.1, -0.05) is 18.2 Å². The van der Waals surface area contributed by atoms with Gasteiger partial charge < -0.3 is 14.4 Å². The molecule has 0 spiro atoms. The van der Waals surface area contributed by atoms with E-state index >= 15 is 0 Å². The van der Waals surface area contributed by atoms with Gasteiger partial charge in [0.25, 0.3) is 5.91 Å². The second-order valence-electron chi connectivity index (χ2n) is 5.98. The molecule has 0 unspecified atom stereocenters. The van der Waals surface area contributed by atoms with Crippen LogP contribution in [0.1, 0.15) is 25.6 Å². The van der Waals surface area contributed by atoms with Crippen molar-refractivity contribution in [2.45, 2.75) is 0 Å². The van der Waals surface area contributed by atoms with Gasteiger partial charge in [0, 0.05) is 7.05 Å². The van der Waals surface area contributed by atoms with Crippen molar-refractivity contribution < 1.29 is 19.1 Å². The number of rotatable bonds is 7. The monoisotopic (exact) mass is 406 g/mol. The molecule has 3 aromatic rings. The number of nitriles is 1. The van der Waals surface area contributed by atoms with Crippen molar-refractivity contribution in [1.82, 2.24) is 0 Å². The summed E-state index contributed by atoms with van der Waals surface area (Å²) >= 11 is 1.34. The van der Waals surface area contributed by atoms with Gasteiger partial charge in [0.1, 0.15) is 19.0 Å². The number of amides is 1. The van der Waals surface area contributed by atoms with Gasteiger partial charge in [0.15, 0.2) is 0 Å². The number of hydrogen-bond acceptors (Lipinski definition) is 6. The number of carbonyl (C=O) groups is 2. The van der Waals surface area contributed by atoms with E-state index in [0.29, 0.717) is 27.4 Å². The lowest BCUT2D eigenvalue weighted by molar-refractivity contribution is 0.0451. The van der Waals surface area contributed by atoms with Crippen LogP contribution in [-0.4, -0.2) is 32.1 Å². The third-order valence-corrected chi connectivity index (χ3v) is 4.95. The van der Waals surface area contributed by atoms with E-state index < -0.39 is 5.97 Å². The Morgan fingerprint density at radius 1 is 1.03 bits per heavy atom. The Labute approximate surface area is 172 Å². The molecule has 0 saturated heterocycles. The molecule has 0 fully saturated rings. The second-order valence-corrected chi connectivity index (χ2v) is 6.93. The van der Waals surface area contributed by atoms with Crippen molar-refractivity contribution in [3.8, 4) is 11.8 Å². The van der Waals surface area contributed by atoms with E-state index in [9.17, 15) is 9.59 Å². The normalized spacial score (nSPS) is 10.1. The Balaban J connectivity index is 1.59. The maximum Gasteiger partial charge on any atom is 0.340 e. The van der Waals surface area contributed by atoms with Gasteiger partial charge in [-0.05, 0) is 47.8 Å². The number of esters is 1. The molecular formula is C22H18N2O4S. The molecule has 0 saturated carbocycles. The van der Waals surface area contributed by atoms with Gasteiger partial charge in [-0.15, -0.1) is 11.3 Å². The van der Waals surface area contributed by atoms with E-state index in [4.69, 9.17) is 14.7 Å². The molecule has 0 atom stereocenters. The van der Waals surface area contributed by atoms with Crippen molar-refractivity contribution in [2.75, 3.05) is 25.2 Å². The van der Waals surface area contributed by atoms with Crippen molar-refractivity contribution in [3.05, 3.63) is 82.0 Å². The van der Waals surface area contributed by atoms with Crippen molar-refractivity contribution in [2.24, 2.45) is 0 Å². The molecule has 0 aliphatic rings. The van der Waals surface area contributed by atoms with E-state index in [1.54, 1.807) is 67.7 Å². The fourth-order valence-electron chi connectivity index (χ4n) is 2.61. The summed E-state index contributed by atoms with van der Waals surface area (Å²) in [6.45, 7) is 0.222. The van der Waals surface area contributed by atoms with Gasteiger partial charge in [-0.25, -0.2) is 4.79 Å². The predicted molar refractivity (Wildman–Crippen MR) is 110 cm³/mol. The van der Waals surface area contributed by atoms with Crippen LogP contribution in [0, 0.1) is 11.3 Å². The summed E-state index contributed by atoms with van der Waals surface area (Å²) in [4.78, 5) is 27.1. The molecule has 7 heteroatoms. The molecule has 29 heavy (non-hydrogen) atoms. The lowest BCUT2D eigenvalue weighted by Gasteiger charge is -2.19. The molecule has 3 rings (SSSR count). The quantitative estimate of drug-likeness (QED) is 0.435. The number of nitrogens with zero attached hydrogens (tertiary/aromatic N) is 2. The summed E-state index contributed by atoms with van der Waals surface area (Å²) in [6, 6.07) is 19.1. The Morgan fingerprint density at radius 3 is 2.48 bits per heavy atom. The minimum absolute atomic E-state index is 0.0513. The molecule has 0 aliphatic carbocycles. The van der Waals surface area contributed by atoms with E-state index in [0.717, 1.165) is 0 Å². The first-order valence-corrected chi connectivity index (χ1v) is 9.69. The van der Waals surface area contributed by atoms with Crippen LogP contribution >= 0.6 is 11.3 Å². The number of thiophene rings is 1. The lowest BCUT2D eigenvalue weighted by Crippen LogP contribution is -2.27. The van der Waals surface area contributed by atoms with Crippen LogP contribution in [0.3, 0.4) is 0 Å². The fourth-order valence-corrected chi connectivity index (χ4v) is 3.31. The highest BCUT2D eigenvalue weighted by Gasteiger charge is 2.20. The predicted octanol–water partition coefficient (Wildman–Crippen LogP) is 4.13. The number of hydrogen-bond donors (Lipinski definition) is 0. The highest BCUT2D eigenvalue weighted by atomic mass is 32.1. The van der Waals surface area contributed by atoms with Crippen LogP contribution in [0.4, 0.5) is 5.69 Å². The first-order valence-electron chi connectivity index (χ1n) is 8.81. The molecular weight excluding hydrogens is 388 g/mol. The molecule has 1 amide bonds. The molecule has 146 valence electrons. The number of benzene rings is 2. The summed E-state index contributed by atoms with van der Waals surface area (Å²) < 4.78 is 10.8. The average molecular weight is 406 g/mol. The van der Waals surface area contributed by atoms with Gasteiger partial charge in [0.05, 0.1) is 27.8 Å². The summed E-state index contributed by atoms with van der Waals surface area (Å²) in [7, 11) is 1.63. The van der Waals surface area contributed by atoms with E-state index in [-0.39, 0.29) is 19.1 Å². The average Bonchev–Trinajstić information content (AvgIpc) is 3.31. The maximum atomic E-state index is 12.6. The zero-order valence-electron chi connectivity index (χ0n) is 15.7. The van der Waals surface area contributed by atoms with Gasteiger partial charge in [-0.2, -0.15) is 5.26 Å². The topological polar surface area (TPSA) is 79.6 Å². The first kappa shape index (κ1) is 20.1. The SMILES string of the molecule is CN(C(=O)c1cccs1)c1ccccc1C(=O)OCCOc1ccc(C#N)cc1. The minimum Gasteiger partial charge on any atom is -0.490 e. The number of ether oxygens (including phenoxy) is 2. The van der Waals surface area contributed by atoms with Crippen LogP contribution < -0.4 is 9.64 Å². The molecule has 1 heterocycles. The third-order valence-electron chi connectivity index (χ3n) is 4.09. The van der Waals surface area contributed by atoms with Crippen molar-refractivity contribution in [3.63, 3.8) is 0 Å². The summed E-state index contributed by atoms with van der Waals surface area (Å²) in [5.74, 6) is -0.138. The molecule has 6 nitrogen and oxygen atoms in total. The van der Waals surface area contributed by atoms with Crippen LogP contribution in [0.2, 0.25) is 0 Å². The van der Waals surface area contributed by atoms with Gasteiger partial charge in [-0.3, -0.25) is 4.79 Å². The Kier molecular flexibility index (Phi) is 6.61. The standard InChI is InChI=1S/C22H18N2O4S/c1-24(21(25)20-7-4-14-29-20)19-6-3-2-5-18(19)22(26)28-13-12-27-17-10-8-16(15-23)9-11-17/h2-11,14H,12-13H2,1H3.